The average molecular weight is 349 g/mol. The van der Waals surface area contributed by atoms with Gasteiger partial charge in [-0.15, -0.1) is 0 Å². The lowest BCUT2D eigenvalue weighted by molar-refractivity contribution is 0.0946. The van der Waals surface area contributed by atoms with E-state index in [4.69, 9.17) is 0 Å². The van der Waals surface area contributed by atoms with Crippen LogP contribution in [0.15, 0.2) is 36.4 Å². The van der Waals surface area contributed by atoms with E-state index in [0.717, 1.165) is 38.3 Å². The first-order valence-corrected chi connectivity index (χ1v) is 8.02. The van der Waals surface area contributed by atoms with Crippen LogP contribution in [0.25, 0.3) is 0 Å². The molecule has 1 aliphatic heterocycles. The van der Waals surface area contributed by atoms with Gasteiger partial charge in [-0.05, 0) is 29.8 Å². The van der Waals surface area contributed by atoms with Gasteiger partial charge in [-0.2, -0.15) is 0 Å². The Labute approximate surface area is 143 Å². The van der Waals surface area contributed by atoms with Crippen molar-refractivity contribution in [2.24, 2.45) is 0 Å². The highest BCUT2D eigenvalue weighted by Crippen LogP contribution is 2.21. The minimum atomic E-state index is -0.933. The van der Waals surface area contributed by atoms with Crippen molar-refractivity contribution in [1.82, 2.24) is 10.6 Å². The van der Waals surface area contributed by atoms with E-state index in [1.807, 2.05) is 4.90 Å². The van der Waals surface area contributed by atoms with E-state index in [9.17, 15) is 18.0 Å². The van der Waals surface area contributed by atoms with E-state index in [-0.39, 0.29) is 17.9 Å². The quantitative estimate of drug-likeness (QED) is 0.891. The molecule has 0 unspecified atom stereocenters. The Hall–Kier alpha value is -2.54. The van der Waals surface area contributed by atoms with Gasteiger partial charge in [-0.3, -0.25) is 4.79 Å². The zero-order valence-corrected chi connectivity index (χ0v) is 13.5. The molecule has 3 rings (SSSR count). The molecule has 2 N–H and O–H groups in total. The molecule has 132 valence electrons. The number of anilines is 1. The summed E-state index contributed by atoms with van der Waals surface area (Å²) in [6.45, 7) is 3.13. The fraction of sp³-hybridized carbons (Fsp3) is 0.278. The highest BCUT2D eigenvalue weighted by molar-refractivity contribution is 5.94. The summed E-state index contributed by atoms with van der Waals surface area (Å²) in [4.78, 5) is 13.9. The van der Waals surface area contributed by atoms with Crippen molar-refractivity contribution in [1.29, 1.82) is 0 Å². The van der Waals surface area contributed by atoms with E-state index < -0.39 is 17.5 Å². The number of nitrogens with one attached hydrogen (secondary N) is 2. The van der Waals surface area contributed by atoms with Crippen molar-refractivity contribution in [3.05, 3.63) is 65.0 Å². The fourth-order valence-electron chi connectivity index (χ4n) is 2.77. The van der Waals surface area contributed by atoms with E-state index in [1.54, 1.807) is 12.1 Å². The molecular formula is C18H18F3N3O. The maximum Gasteiger partial charge on any atom is 0.254 e. The van der Waals surface area contributed by atoms with Crippen LogP contribution in [-0.4, -0.2) is 32.1 Å². The van der Waals surface area contributed by atoms with E-state index in [0.29, 0.717) is 17.3 Å². The van der Waals surface area contributed by atoms with Crippen LogP contribution in [-0.2, 0) is 6.54 Å². The summed E-state index contributed by atoms with van der Waals surface area (Å²) in [7, 11) is 0. The zero-order valence-electron chi connectivity index (χ0n) is 13.5. The smallest absolute Gasteiger partial charge is 0.254 e. The molecule has 7 heteroatoms. The molecule has 0 aliphatic carbocycles. The Morgan fingerprint density at radius 1 is 1.04 bits per heavy atom. The number of amides is 1. The van der Waals surface area contributed by atoms with Gasteiger partial charge in [0, 0.05) is 38.8 Å². The Bertz CT molecular complexity index is 776. The van der Waals surface area contributed by atoms with Gasteiger partial charge >= 0.3 is 0 Å². The van der Waals surface area contributed by atoms with Crippen LogP contribution >= 0.6 is 0 Å². The standard InChI is InChI=1S/C18H18F3N3O/c19-13-2-3-14(15(20)10-13)18(25)23-11-12-1-4-17(16(21)9-12)24-7-5-22-6-8-24/h1-4,9-10,22H,5-8,11H2,(H,23,25). The molecule has 2 aromatic carbocycles. The second kappa shape index (κ2) is 7.57. The number of hydrogen-bond donors (Lipinski definition) is 2. The van der Waals surface area contributed by atoms with Crippen molar-refractivity contribution >= 4 is 11.6 Å². The fourth-order valence-corrected chi connectivity index (χ4v) is 2.77. The molecule has 0 radical (unpaired) electrons. The van der Waals surface area contributed by atoms with Gasteiger partial charge in [0.25, 0.3) is 5.91 Å². The molecule has 1 heterocycles. The molecule has 1 fully saturated rings. The number of carbonyl (C=O) groups excluding carboxylic acids is 1. The molecule has 2 aromatic rings. The minimum Gasteiger partial charge on any atom is -0.367 e. The van der Waals surface area contributed by atoms with E-state index >= 15 is 0 Å². The number of benzene rings is 2. The third-order valence-corrected chi connectivity index (χ3v) is 4.10. The van der Waals surface area contributed by atoms with Gasteiger partial charge in [0.2, 0.25) is 0 Å². The van der Waals surface area contributed by atoms with Crippen molar-refractivity contribution < 1.29 is 18.0 Å². The molecule has 4 nitrogen and oxygen atoms in total. The van der Waals surface area contributed by atoms with Crippen molar-refractivity contribution in [2.75, 3.05) is 31.1 Å². The number of piperazine rings is 1. The summed E-state index contributed by atoms with van der Waals surface area (Å²) in [5, 5.41) is 5.72. The Kier molecular flexibility index (Phi) is 5.23. The van der Waals surface area contributed by atoms with Gasteiger partial charge in [0.15, 0.2) is 0 Å². The lowest BCUT2D eigenvalue weighted by Gasteiger charge is -2.29. The molecule has 25 heavy (non-hydrogen) atoms. The summed E-state index contributed by atoms with van der Waals surface area (Å²) in [6, 6.07) is 7.51. The number of carbonyl (C=O) groups is 1. The third-order valence-electron chi connectivity index (χ3n) is 4.10. The van der Waals surface area contributed by atoms with E-state index in [1.165, 1.54) is 6.07 Å². The van der Waals surface area contributed by atoms with Crippen LogP contribution < -0.4 is 15.5 Å². The molecule has 0 atom stereocenters. The van der Waals surface area contributed by atoms with Crippen molar-refractivity contribution in [2.45, 2.75) is 6.54 Å². The number of halogens is 3. The number of rotatable bonds is 4. The number of nitrogens with zero attached hydrogens (tertiary/aromatic N) is 1. The molecule has 0 saturated carbocycles. The maximum absolute atomic E-state index is 14.3. The lowest BCUT2D eigenvalue weighted by atomic mass is 10.1. The molecule has 1 saturated heterocycles. The Morgan fingerprint density at radius 3 is 2.48 bits per heavy atom. The summed E-state index contributed by atoms with van der Waals surface area (Å²) < 4.78 is 40.8. The third kappa shape index (κ3) is 4.11. The van der Waals surface area contributed by atoms with Crippen LogP contribution in [0, 0.1) is 17.5 Å². The minimum absolute atomic E-state index is 0.0500. The number of hydrogen-bond acceptors (Lipinski definition) is 3. The molecule has 1 amide bonds. The van der Waals surface area contributed by atoms with Gasteiger partial charge in [0.1, 0.15) is 17.5 Å². The highest BCUT2D eigenvalue weighted by atomic mass is 19.1. The van der Waals surface area contributed by atoms with Gasteiger partial charge < -0.3 is 15.5 Å². The molecule has 0 aromatic heterocycles. The summed E-state index contributed by atoms with van der Waals surface area (Å²) in [6.07, 6.45) is 0. The normalized spacial score (nSPS) is 14.4. The molecule has 1 aliphatic rings. The first kappa shape index (κ1) is 17.3. The monoisotopic (exact) mass is 349 g/mol. The first-order chi connectivity index (χ1) is 12.0. The summed E-state index contributed by atoms with van der Waals surface area (Å²) in [5.74, 6) is -2.72. The summed E-state index contributed by atoms with van der Waals surface area (Å²) in [5.41, 5.74) is 0.840. The van der Waals surface area contributed by atoms with Crippen LogP contribution in [0.2, 0.25) is 0 Å². The van der Waals surface area contributed by atoms with Gasteiger partial charge in [0.05, 0.1) is 11.3 Å². The predicted molar refractivity (Wildman–Crippen MR) is 89.0 cm³/mol. The second-order valence-corrected chi connectivity index (χ2v) is 5.83. The Balaban J connectivity index is 1.65. The molecular weight excluding hydrogens is 331 g/mol. The van der Waals surface area contributed by atoms with E-state index in [2.05, 4.69) is 10.6 Å². The highest BCUT2D eigenvalue weighted by Gasteiger charge is 2.16. The zero-order chi connectivity index (χ0) is 17.8. The average Bonchev–Trinajstić information content (AvgIpc) is 2.60. The van der Waals surface area contributed by atoms with Crippen LogP contribution in [0.4, 0.5) is 18.9 Å². The van der Waals surface area contributed by atoms with Gasteiger partial charge in [-0.25, -0.2) is 13.2 Å². The predicted octanol–water partition coefficient (Wildman–Crippen LogP) is 2.44. The molecule has 0 bridgehead atoms. The SMILES string of the molecule is O=C(NCc1ccc(N2CCNCC2)c(F)c1)c1ccc(F)cc1F. The lowest BCUT2D eigenvalue weighted by Crippen LogP contribution is -2.43. The van der Waals surface area contributed by atoms with Crippen molar-refractivity contribution in [3.8, 4) is 0 Å². The van der Waals surface area contributed by atoms with Crippen LogP contribution in [0.1, 0.15) is 15.9 Å². The molecule has 0 spiro atoms. The second-order valence-electron chi connectivity index (χ2n) is 5.83. The first-order valence-electron chi connectivity index (χ1n) is 8.02. The van der Waals surface area contributed by atoms with Gasteiger partial charge in [-0.1, -0.05) is 6.07 Å². The van der Waals surface area contributed by atoms with Crippen LogP contribution in [0.5, 0.6) is 0 Å². The Morgan fingerprint density at radius 2 is 1.80 bits per heavy atom. The van der Waals surface area contributed by atoms with Crippen LogP contribution in [0.3, 0.4) is 0 Å². The topological polar surface area (TPSA) is 44.4 Å². The summed E-state index contributed by atoms with van der Waals surface area (Å²) >= 11 is 0. The van der Waals surface area contributed by atoms with Crippen molar-refractivity contribution in [3.63, 3.8) is 0 Å². The maximum atomic E-state index is 14.3. The largest absolute Gasteiger partial charge is 0.367 e.